The Bertz CT molecular complexity index is 357. The van der Waals surface area contributed by atoms with Crippen molar-refractivity contribution in [2.75, 3.05) is 6.61 Å². The Kier molecular flexibility index (Phi) is 4.00. The highest BCUT2D eigenvalue weighted by Crippen LogP contribution is 2.15. The van der Waals surface area contributed by atoms with Crippen LogP contribution in [0.1, 0.15) is 12.0 Å². The lowest BCUT2D eigenvalue weighted by atomic mass is 10.0. The highest BCUT2D eigenvalue weighted by atomic mass is 16.6. The largest absolute Gasteiger partial charge is 0.396 e. The van der Waals surface area contributed by atoms with Crippen LogP contribution >= 0.6 is 0 Å². The first-order valence-electron chi connectivity index (χ1n) is 4.64. The molecule has 0 aliphatic carbocycles. The monoisotopic (exact) mass is 207 g/mol. The Morgan fingerprint density at radius 1 is 1.40 bits per heavy atom. The zero-order valence-corrected chi connectivity index (χ0v) is 8.35. The highest BCUT2D eigenvalue weighted by Gasteiger charge is 2.04. The molecule has 0 spiro atoms. The summed E-state index contributed by atoms with van der Waals surface area (Å²) in [7, 11) is 0. The van der Waals surface area contributed by atoms with Crippen molar-refractivity contribution in [2.24, 2.45) is 0 Å². The van der Waals surface area contributed by atoms with E-state index in [0.29, 0.717) is 12.8 Å². The molecule has 0 fully saturated rings. The second kappa shape index (κ2) is 5.26. The first-order valence-corrected chi connectivity index (χ1v) is 4.64. The Labute approximate surface area is 88.0 Å². The molecule has 4 nitrogen and oxygen atoms in total. The number of aliphatic hydroxyl groups excluding tert-OH is 1. The van der Waals surface area contributed by atoms with Crippen molar-refractivity contribution in [1.82, 2.24) is 0 Å². The van der Waals surface area contributed by atoms with Crippen molar-refractivity contribution < 1.29 is 10.0 Å². The molecule has 1 aromatic rings. The molecular weight excluding hydrogens is 194 g/mol. The predicted molar refractivity (Wildman–Crippen MR) is 57.6 cm³/mol. The molecule has 0 bridgehead atoms. The van der Waals surface area contributed by atoms with E-state index in [2.05, 4.69) is 6.58 Å². The lowest BCUT2D eigenvalue weighted by Crippen LogP contribution is -1.93. The molecule has 0 aliphatic rings. The van der Waals surface area contributed by atoms with Crippen LogP contribution in [0.3, 0.4) is 0 Å². The summed E-state index contributed by atoms with van der Waals surface area (Å²) in [5.41, 5.74) is 1.98. The Hall–Kier alpha value is -1.68. The molecule has 0 amide bonds. The number of non-ortho nitro benzene ring substituents is 1. The standard InChI is InChI=1S/C11H13NO3/c1-9(6-7-13)8-10-2-4-11(5-3-10)12(14)15/h2-5,13H,1,6-8H2. The number of nitro benzene ring substituents is 1. The normalized spacial score (nSPS) is 9.93. The highest BCUT2D eigenvalue weighted by molar-refractivity contribution is 5.34. The van der Waals surface area contributed by atoms with E-state index in [9.17, 15) is 10.1 Å². The number of aliphatic hydroxyl groups is 1. The first-order chi connectivity index (χ1) is 7.13. The summed E-state index contributed by atoms with van der Waals surface area (Å²) < 4.78 is 0. The van der Waals surface area contributed by atoms with Gasteiger partial charge in [0.25, 0.3) is 5.69 Å². The third kappa shape index (κ3) is 3.52. The Morgan fingerprint density at radius 3 is 2.47 bits per heavy atom. The van der Waals surface area contributed by atoms with Crippen molar-refractivity contribution in [3.05, 3.63) is 52.1 Å². The minimum absolute atomic E-state index is 0.0891. The molecule has 0 atom stereocenters. The second-order valence-corrected chi connectivity index (χ2v) is 3.32. The van der Waals surface area contributed by atoms with E-state index in [0.717, 1.165) is 11.1 Å². The molecule has 0 unspecified atom stereocenters. The molecule has 0 aromatic heterocycles. The zero-order valence-electron chi connectivity index (χ0n) is 8.35. The van der Waals surface area contributed by atoms with E-state index in [1.165, 1.54) is 12.1 Å². The minimum Gasteiger partial charge on any atom is -0.396 e. The van der Waals surface area contributed by atoms with E-state index < -0.39 is 4.92 Å². The average molecular weight is 207 g/mol. The van der Waals surface area contributed by atoms with Crippen molar-refractivity contribution in [2.45, 2.75) is 12.8 Å². The summed E-state index contributed by atoms with van der Waals surface area (Å²) in [6.07, 6.45) is 1.22. The Balaban J connectivity index is 2.64. The summed E-state index contributed by atoms with van der Waals surface area (Å²) >= 11 is 0. The van der Waals surface area contributed by atoms with Gasteiger partial charge in [-0.1, -0.05) is 24.3 Å². The molecular formula is C11H13NO3. The molecule has 1 aromatic carbocycles. The van der Waals surface area contributed by atoms with Crippen LogP contribution in [0.4, 0.5) is 5.69 Å². The molecule has 4 heteroatoms. The predicted octanol–water partition coefficient (Wildman–Crippen LogP) is 2.08. The molecule has 0 aliphatic heterocycles. The summed E-state index contributed by atoms with van der Waals surface area (Å²) in [5, 5.41) is 19.1. The van der Waals surface area contributed by atoms with Crippen molar-refractivity contribution >= 4 is 5.69 Å². The molecule has 1 rings (SSSR count). The fraction of sp³-hybridized carbons (Fsp3) is 0.273. The third-order valence-corrected chi connectivity index (χ3v) is 2.07. The van der Waals surface area contributed by atoms with Crippen LogP contribution in [0.5, 0.6) is 0 Å². The SMILES string of the molecule is C=C(CCO)Cc1ccc([N+](=O)[O-])cc1. The van der Waals surface area contributed by atoms with E-state index in [1.54, 1.807) is 12.1 Å². The zero-order chi connectivity index (χ0) is 11.3. The van der Waals surface area contributed by atoms with E-state index in [1.807, 2.05) is 0 Å². The topological polar surface area (TPSA) is 63.4 Å². The molecule has 0 heterocycles. The maximum atomic E-state index is 10.4. The van der Waals surface area contributed by atoms with Crippen LogP contribution < -0.4 is 0 Å². The van der Waals surface area contributed by atoms with Gasteiger partial charge in [0.05, 0.1) is 4.92 Å². The fourth-order valence-electron chi connectivity index (χ4n) is 1.27. The van der Waals surface area contributed by atoms with Crippen LogP contribution in [-0.4, -0.2) is 16.6 Å². The molecule has 80 valence electrons. The summed E-state index contributed by atoms with van der Waals surface area (Å²) in [6.45, 7) is 3.89. The first kappa shape index (κ1) is 11.4. The van der Waals surface area contributed by atoms with Crippen LogP contribution in [0.25, 0.3) is 0 Å². The van der Waals surface area contributed by atoms with Crippen molar-refractivity contribution in [3.63, 3.8) is 0 Å². The number of hydrogen-bond donors (Lipinski definition) is 1. The molecule has 0 saturated heterocycles. The van der Waals surface area contributed by atoms with Gasteiger partial charge in [0.15, 0.2) is 0 Å². The lowest BCUT2D eigenvalue weighted by molar-refractivity contribution is -0.384. The van der Waals surface area contributed by atoms with Gasteiger partial charge >= 0.3 is 0 Å². The van der Waals surface area contributed by atoms with Crippen LogP contribution in [0.15, 0.2) is 36.4 Å². The summed E-state index contributed by atoms with van der Waals surface area (Å²) in [5.74, 6) is 0. The van der Waals surface area contributed by atoms with E-state index in [-0.39, 0.29) is 12.3 Å². The van der Waals surface area contributed by atoms with Crippen LogP contribution in [0, 0.1) is 10.1 Å². The van der Waals surface area contributed by atoms with Crippen molar-refractivity contribution in [1.29, 1.82) is 0 Å². The summed E-state index contributed by atoms with van der Waals surface area (Å²) in [6, 6.07) is 6.37. The van der Waals surface area contributed by atoms with E-state index >= 15 is 0 Å². The van der Waals surface area contributed by atoms with Gasteiger partial charge < -0.3 is 5.11 Å². The van der Waals surface area contributed by atoms with Gasteiger partial charge in [0.2, 0.25) is 0 Å². The van der Waals surface area contributed by atoms with Crippen LogP contribution in [-0.2, 0) is 6.42 Å². The smallest absolute Gasteiger partial charge is 0.269 e. The van der Waals surface area contributed by atoms with Gasteiger partial charge in [-0.3, -0.25) is 10.1 Å². The van der Waals surface area contributed by atoms with E-state index in [4.69, 9.17) is 5.11 Å². The summed E-state index contributed by atoms with van der Waals surface area (Å²) in [4.78, 5) is 9.97. The maximum Gasteiger partial charge on any atom is 0.269 e. The number of nitro groups is 1. The number of benzene rings is 1. The van der Waals surface area contributed by atoms with Gasteiger partial charge in [0.1, 0.15) is 0 Å². The maximum absolute atomic E-state index is 10.4. The van der Waals surface area contributed by atoms with Gasteiger partial charge in [-0.05, 0) is 18.4 Å². The second-order valence-electron chi connectivity index (χ2n) is 3.32. The van der Waals surface area contributed by atoms with Crippen molar-refractivity contribution in [3.8, 4) is 0 Å². The fourth-order valence-corrected chi connectivity index (χ4v) is 1.27. The van der Waals surface area contributed by atoms with Gasteiger partial charge in [-0.2, -0.15) is 0 Å². The molecule has 1 N–H and O–H groups in total. The number of hydrogen-bond acceptors (Lipinski definition) is 3. The molecule has 0 saturated carbocycles. The molecule has 15 heavy (non-hydrogen) atoms. The third-order valence-electron chi connectivity index (χ3n) is 2.07. The van der Waals surface area contributed by atoms with Gasteiger partial charge in [-0.15, -0.1) is 0 Å². The lowest BCUT2D eigenvalue weighted by Gasteiger charge is -2.03. The minimum atomic E-state index is -0.424. The quantitative estimate of drug-likeness (QED) is 0.456. The van der Waals surface area contributed by atoms with Crippen LogP contribution in [0.2, 0.25) is 0 Å². The van der Waals surface area contributed by atoms with Gasteiger partial charge in [0, 0.05) is 18.7 Å². The average Bonchev–Trinajstić information content (AvgIpc) is 2.18. The number of nitrogens with zero attached hydrogens (tertiary/aromatic N) is 1. The molecule has 0 radical (unpaired) electrons. The number of rotatable bonds is 5. The Morgan fingerprint density at radius 2 is 2.00 bits per heavy atom. The van der Waals surface area contributed by atoms with Gasteiger partial charge in [-0.25, -0.2) is 0 Å².